The maximum Gasteiger partial charge on any atom is 0.423 e. The molecule has 0 radical (unpaired) electrons. The summed E-state index contributed by atoms with van der Waals surface area (Å²) in [5.74, 6) is 0. The predicted octanol–water partition coefficient (Wildman–Crippen LogP) is 2.02. The van der Waals surface area contributed by atoms with Crippen molar-refractivity contribution in [3.8, 4) is 0 Å². The number of amides is 1. The number of nitrogens with one attached hydrogen (secondary N) is 2. The first-order chi connectivity index (χ1) is 9.01. The van der Waals surface area contributed by atoms with Gasteiger partial charge in [-0.25, -0.2) is 18.6 Å². The Hall–Kier alpha value is -1.60. The molecule has 6 nitrogen and oxygen atoms in total. The summed E-state index contributed by atoms with van der Waals surface area (Å²) in [7, 11) is -3.81. The van der Waals surface area contributed by atoms with Crippen molar-refractivity contribution in [1.29, 1.82) is 0 Å². The lowest BCUT2D eigenvalue weighted by atomic mass is 10.1. The van der Waals surface area contributed by atoms with Gasteiger partial charge in [0.25, 0.3) is 10.0 Å². The first kappa shape index (κ1) is 16.5. The second kappa shape index (κ2) is 5.80. The molecule has 7 heteroatoms. The van der Waals surface area contributed by atoms with Crippen molar-refractivity contribution >= 4 is 16.1 Å². The van der Waals surface area contributed by atoms with Crippen molar-refractivity contribution in [2.45, 2.75) is 45.1 Å². The van der Waals surface area contributed by atoms with Crippen LogP contribution in [-0.4, -0.2) is 20.1 Å². The molecule has 0 spiro atoms. The Balaban J connectivity index is 2.76. The molecule has 0 aromatic heterocycles. The average Bonchev–Trinajstić information content (AvgIpc) is 2.28. The van der Waals surface area contributed by atoms with Crippen LogP contribution in [0.2, 0.25) is 0 Å². The van der Waals surface area contributed by atoms with Gasteiger partial charge in [0, 0.05) is 0 Å². The van der Waals surface area contributed by atoms with Gasteiger partial charge in [-0.1, -0.05) is 6.07 Å². The predicted molar refractivity (Wildman–Crippen MR) is 75.6 cm³/mol. The molecule has 0 unspecified atom stereocenters. The van der Waals surface area contributed by atoms with Gasteiger partial charge in [0.2, 0.25) is 0 Å². The van der Waals surface area contributed by atoms with Crippen LogP contribution in [-0.2, 0) is 14.8 Å². The van der Waals surface area contributed by atoms with E-state index in [4.69, 9.17) is 4.74 Å². The monoisotopic (exact) mass is 300 g/mol. The highest BCUT2D eigenvalue weighted by atomic mass is 32.2. The second-order valence-corrected chi connectivity index (χ2v) is 7.16. The van der Waals surface area contributed by atoms with E-state index in [1.54, 1.807) is 26.8 Å². The molecule has 2 N–H and O–H groups in total. The van der Waals surface area contributed by atoms with Gasteiger partial charge in [0.15, 0.2) is 0 Å². The van der Waals surface area contributed by atoms with Crippen LogP contribution in [0.1, 0.15) is 31.9 Å². The van der Waals surface area contributed by atoms with Gasteiger partial charge in [0.1, 0.15) is 5.60 Å². The van der Waals surface area contributed by atoms with Gasteiger partial charge in [0.05, 0.1) is 4.90 Å². The van der Waals surface area contributed by atoms with Crippen molar-refractivity contribution in [1.82, 2.24) is 10.3 Å². The quantitative estimate of drug-likeness (QED) is 0.836. The molecule has 0 saturated heterocycles. The zero-order valence-corrected chi connectivity index (χ0v) is 13.1. The van der Waals surface area contributed by atoms with E-state index in [1.807, 2.05) is 24.1 Å². The first-order valence-corrected chi connectivity index (χ1v) is 7.58. The van der Waals surface area contributed by atoms with Crippen LogP contribution in [0.5, 0.6) is 0 Å². The number of carbonyl (C=O) groups excluding carboxylic acids is 1. The van der Waals surface area contributed by atoms with Gasteiger partial charge in [-0.2, -0.15) is 0 Å². The van der Waals surface area contributed by atoms with Crippen molar-refractivity contribution in [2.24, 2.45) is 0 Å². The number of hydrogen-bond acceptors (Lipinski definition) is 4. The van der Waals surface area contributed by atoms with E-state index in [0.717, 1.165) is 11.1 Å². The molecule has 0 atom stereocenters. The Morgan fingerprint density at radius 2 is 1.75 bits per heavy atom. The van der Waals surface area contributed by atoms with E-state index in [2.05, 4.69) is 0 Å². The standard InChI is InChI=1S/C13H20N2O4S/c1-9-6-7-11(8-10(9)2)20(17,18)15-14-12(16)19-13(3,4)5/h6-8,15H,1-5H3,(H,14,16). The molecule has 0 saturated carbocycles. The molecule has 0 aliphatic heterocycles. The van der Waals surface area contributed by atoms with E-state index in [1.165, 1.54) is 12.1 Å². The third-order valence-corrected chi connectivity index (χ3v) is 3.72. The Bertz CT molecular complexity index is 603. The minimum atomic E-state index is -3.81. The highest BCUT2D eigenvalue weighted by Crippen LogP contribution is 2.14. The normalized spacial score (nSPS) is 12.1. The molecule has 0 aliphatic carbocycles. The Kier molecular flexibility index (Phi) is 4.77. The van der Waals surface area contributed by atoms with Crippen LogP contribution in [0.3, 0.4) is 0 Å². The Labute approximate surface area is 119 Å². The number of ether oxygens (including phenoxy) is 1. The molecule has 112 valence electrons. The number of rotatable bonds is 3. The van der Waals surface area contributed by atoms with Crippen LogP contribution in [0, 0.1) is 13.8 Å². The summed E-state index contributed by atoms with van der Waals surface area (Å²) in [6, 6.07) is 4.72. The zero-order chi connectivity index (χ0) is 15.6. The fourth-order valence-corrected chi connectivity index (χ4v) is 2.27. The molecule has 0 bridgehead atoms. The van der Waals surface area contributed by atoms with Gasteiger partial charge >= 0.3 is 6.09 Å². The van der Waals surface area contributed by atoms with E-state index in [9.17, 15) is 13.2 Å². The summed E-state index contributed by atoms with van der Waals surface area (Å²) >= 11 is 0. The summed E-state index contributed by atoms with van der Waals surface area (Å²) < 4.78 is 28.9. The maximum absolute atomic E-state index is 12.0. The summed E-state index contributed by atoms with van der Waals surface area (Å²) in [6.07, 6.45) is -0.857. The van der Waals surface area contributed by atoms with E-state index in [-0.39, 0.29) is 4.90 Å². The number of hydrazine groups is 1. The molecule has 0 aliphatic rings. The van der Waals surface area contributed by atoms with Gasteiger partial charge in [-0.3, -0.25) is 0 Å². The summed E-state index contributed by atoms with van der Waals surface area (Å²) in [5.41, 5.74) is 3.16. The van der Waals surface area contributed by atoms with Crippen molar-refractivity contribution in [2.75, 3.05) is 0 Å². The molecule has 1 amide bonds. The summed E-state index contributed by atoms with van der Waals surface area (Å²) in [6.45, 7) is 8.76. The molecule has 20 heavy (non-hydrogen) atoms. The number of benzene rings is 1. The van der Waals surface area contributed by atoms with Gasteiger partial charge in [-0.15, -0.1) is 4.83 Å². The lowest BCUT2D eigenvalue weighted by Crippen LogP contribution is -2.44. The minimum absolute atomic E-state index is 0.0802. The van der Waals surface area contributed by atoms with E-state index < -0.39 is 21.7 Å². The van der Waals surface area contributed by atoms with Crippen LogP contribution in [0.15, 0.2) is 23.1 Å². The summed E-state index contributed by atoms with van der Waals surface area (Å²) in [4.78, 5) is 13.5. The molecule has 1 rings (SSSR count). The minimum Gasteiger partial charge on any atom is -0.443 e. The zero-order valence-electron chi connectivity index (χ0n) is 12.3. The molecule has 1 aromatic carbocycles. The van der Waals surface area contributed by atoms with E-state index in [0.29, 0.717) is 0 Å². The topological polar surface area (TPSA) is 84.5 Å². The van der Waals surface area contributed by atoms with E-state index >= 15 is 0 Å². The highest BCUT2D eigenvalue weighted by Gasteiger charge is 2.19. The van der Waals surface area contributed by atoms with Gasteiger partial charge < -0.3 is 4.74 Å². The number of sulfonamides is 1. The fraction of sp³-hybridized carbons (Fsp3) is 0.462. The largest absolute Gasteiger partial charge is 0.443 e. The maximum atomic E-state index is 12.0. The van der Waals surface area contributed by atoms with Crippen molar-refractivity contribution in [3.63, 3.8) is 0 Å². The molecular weight excluding hydrogens is 280 g/mol. The van der Waals surface area contributed by atoms with Crippen LogP contribution >= 0.6 is 0 Å². The van der Waals surface area contributed by atoms with Crippen LogP contribution < -0.4 is 10.3 Å². The molecule has 1 aromatic rings. The number of carbonyl (C=O) groups is 1. The first-order valence-electron chi connectivity index (χ1n) is 6.09. The van der Waals surface area contributed by atoms with Crippen molar-refractivity contribution < 1.29 is 17.9 Å². The number of aryl methyl sites for hydroxylation is 2. The van der Waals surface area contributed by atoms with Crippen LogP contribution in [0.25, 0.3) is 0 Å². The fourth-order valence-electron chi connectivity index (χ4n) is 1.35. The third kappa shape index (κ3) is 4.82. The lowest BCUT2D eigenvalue weighted by Gasteiger charge is -2.19. The van der Waals surface area contributed by atoms with Crippen LogP contribution in [0.4, 0.5) is 4.79 Å². The second-order valence-electron chi connectivity index (χ2n) is 5.48. The lowest BCUT2D eigenvalue weighted by molar-refractivity contribution is 0.0515. The highest BCUT2D eigenvalue weighted by molar-refractivity contribution is 7.89. The van der Waals surface area contributed by atoms with Gasteiger partial charge in [-0.05, 0) is 57.9 Å². The smallest absolute Gasteiger partial charge is 0.423 e. The third-order valence-electron chi connectivity index (χ3n) is 2.48. The van der Waals surface area contributed by atoms with Crippen molar-refractivity contribution in [3.05, 3.63) is 29.3 Å². The SMILES string of the molecule is Cc1ccc(S(=O)(=O)NNC(=O)OC(C)(C)C)cc1C. The summed E-state index contributed by atoms with van der Waals surface area (Å²) in [5, 5.41) is 0. The Morgan fingerprint density at radius 3 is 2.25 bits per heavy atom. The number of hydrogen-bond donors (Lipinski definition) is 2. The average molecular weight is 300 g/mol. The Morgan fingerprint density at radius 1 is 1.15 bits per heavy atom. The molecular formula is C13H20N2O4S. The molecule has 0 heterocycles. The molecule has 0 fully saturated rings.